The first-order valence-corrected chi connectivity index (χ1v) is 11.1. The molecule has 3 aromatic rings. The first kappa shape index (κ1) is 23.5. The molecular weight excluding hydrogens is 488 g/mol. The first-order valence-electron chi connectivity index (χ1n) is 9.14. The molecular formula is C20H19Cl4N3O2S. The van der Waals surface area contributed by atoms with E-state index in [-0.39, 0.29) is 18.3 Å². The van der Waals surface area contributed by atoms with Crippen molar-refractivity contribution in [3.63, 3.8) is 0 Å². The third-order valence-corrected chi connectivity index (χ3v) is 6.54. The summed E-state index contributed by atoms with van der Waals surface area (Å²) in [5.74, 6) is -0.204. The SMILES string of the molecule is Cl.O=C(c1ccc(Cl)cc1Cl)N(CCN1CCOCC1)c1nc2ccc(Cl)cc2s1. The van der Waals surface area contributed by atoms with Gasteiger partial charge in [-0.1, -0.05) is 46.1 Å². The summed E-state index contributed by atoms with van der Waals surface area (Å²) in [6.45, 7) is 4.31. The van der Waals surface area contributed by atoms with E-state index in [2.05, 4.69) is 9.88 Å². The molecule has 1 amide bonds. The smallest absolute Gasteiger partial charge is 0.261 e. The van der Waals surface area contributed by atoms with Gasteiger partial charge in [-0.25, -0.2) is 4.98 Å². The van der Waals surface area contributed by atoms with Crippen molar-refractivity contribution in [2.24, 2.45) is 0 Å². The highest BCUT2D eigenvalue weighted by Gasteiger charge is 2.24. The number of nitrogens with zero attached hydrogens (tertiary/aromatic N) is 3. The van der Waals surface area contributed by atoms with Crippen LogP contribution in [0.25, 0.3) is 10.2 Å². The molecule has 2 aromatic carbocycles. The molecule has 10 heteroatoms. The topological polar surface area (TPSA) is 45.7 Å². The molecule has 5 nitrogen and oxygen atoms in total. The number of carbonyl (C=O) groups is 1. The van der Waals surface area contributed by atoms with Crippen LogP contribution in [0, 0.1) is 0 Å². The zero-order valence-corrected chi connectivity index (χ0v) is 19.7. The van der Waals surface area contributed by atoms with Crippen molar-refractivity contribution < 1.29 is 9.53 Å². The number of aromatic nitrogens is 1. The van der Waals surface area contributed by atoms with Crippen molar-refractivity contribution in [1.82, 2.24) is 9.88 Å². The van der Waals surface area contributed by atoms with Gasteiger partial charge in [0.2, 0.25) is 0 Å². The van der Waals surface area contributed by atoms with Crippen molar-refractivity contribution in [1.29, 1.82) is 0 Å². The highest BCUT2D eigenvalue weighted by molar-refractivity contribution is 7.22. The van der Waals surface area contributed by atoms with E-state index in [1.54, 1.807) is 29.2 Å². The normalized spacial score (nSPS) is 14.5. The Morgan fingerprint density at radius 3 is 2.53 bits per heavy atom. The molecule has 0 saturated carbocycles. The van der Waals surface area contributed by atoms with Crippen LogP contribution in [-0.2, 0) is 4.74 Å². The van der Waals surface area contributed by atoms with Crippen LogP contribution < -0.4 is 4.90 Å². The number of fused-ring (bicyclic) bond motifs is 1. The summed E-state index contributed by atoms with van der Waals surface area (Å²) in [6, 6.07) is 10.4. The minimum atomic E-state index is -0.204. The van der Waals surface area contributed by atoms with Gasteiger partial charge in [-0.05, 0) is 36.4 Å². The molecule has 0 N–H and O–H groups in total. The Bertz CT molecular complexity index is 1040. The summed E-state index contributed by atoms with van der Waals surface area (Å²) in [5.41, 5.74) is 1.20. The number of thiazole rings is 1. The van der Waals surface area contributed by atoms with Crippen molar-refractivity contribution in [3.05, 3.63) is 57.0 Å². The number of benzene rings is 2. The largest absolute Gasteiger partial charge is 0.379 e. The van der Waals surface area contributed by atoms with Crippen LogP contribution in [-0.4, -0.2) is 55.2 Å². The summed E-state index contributed by atoms with van der Waals surface area (Å²) < 4.78 is 6.34. The number of hydrogen-bond acceptors (Lipinski definition) is 5. The summed E-state index contributed by atoms with van der Waals surface area (Å²) >= 11 is 19.9. The number of ether oxygens (including phenoxy) is 1. The molecule has 1 aromatic heterocycles. The van der Waals surface area contributed by atoms with E-state index in [1.807, 2.05) is 12.1 Å². The van der Waals surface area contributed by atoms with Gasteiger partial charge in [0, 0.05) is 36.2 Å². The van der Waals surface area contributed by atoms with Gasteiger partial charge in [0.15, 0.2) is 5.13 Å². The van der Waals surface area contributed by atoms with Gasteiger partial charge in [0.25, 0.3) is 5.91 Å². The van der Waals surface area contributed by atoms with Gasteiger partial charge in [0.1, 0.15) is 0 Å². The monoisotopic (exact) mass is 505 g/mol. The van der Waals surface area contributed by atoms with Crippen LogP contribution in [0.1, 0.15) is 10.4 Å². The second-order valence-corrected chi connectivity index (χ2v) is 8.93. The van der Waals surface area contributed by atoms with Gasteiger partial charge in [0.05, 0.1) is 34.0 Å². The van der Waals surface area contributed by atoms with Crippen LogP contribution in [0.3, 0.4) is 0 Å². The molecule has 1 aliphatic heterocycles. The molecule has 1 aliphatic rings. The Morgan fingerprint density at radius 2 is 1.80 bits per heavy atom. The van der Waals surface area contributed by atoms with Crippen LogP contribution in [0.2, 0.25) is 15.1 Å². The number of anilines is 1. The zero-order valence-electron chi connectivity index (χ0n) is 15.8. The van der Waals surface area contributed by atoms with E-state index >= 15 is 0 Å². The van der Waals surface area contributed by atoms with Crippen molar-refractivity contribution in [3.8, 4) is 0 Å². The number of halogens is 4. The third kappa shape index (κ3) is 5.37. The first-order chi connectivity index (χ1) is 14.0. The maximum Gasteiger partial charge on any atom is 0.261 e. The highest BCUT2D eigenvalue weighted by Crippen LogP contribution is 2.32. The van der Waals surface area contributed by atoms with E-state index in [9.17, 15) is 4.79 Å². The molecule has 0 bridgehead atoms. The van der Waals surface area contributed by atoms with Crippen molar-refractivity contribution >= 4 is 79.8 Å². The maximum atomic E-state index is 13.4. The molecule has 0 unspecified atom stereocenters. The summed E-state index contributed by atoms with van der Waals surface area (Å²) in [6.07, 6.45) is 0. The molecule has 0 radical (unpaired) electrons. The Morgan fingerprint density at radius 1 is 1.10 bits per heavy atom. The van der Waals surface area contributed by atoms with Gasteiger partial charge < -0.3 is 4.74 Å². The fraction of sp³-hybridized carbons (Fsp3) is 0.300. The summed E-state index contributed by atoms with van der Waals surface area (Å²) in [7, 11) is 0. The number of morpholine rings is 1. The number of carbonyl (C=O) groups excluding carboxylic acids is 1. The maximum absolute atomic E-state index is 13.4. The predicted octanol–water partition coefficient (Wildman–Crippen LogP) is 5.66. The van der Waals surface area contributed by atoms with Crippen LogP contribution >= 0.6 is 58.5 Å². The zero-order chi connectivity index (χ0) is 20.4. The molecule has 4 rings (SSSR count). The van der Waals surface area contributed by atoms with Gasteiger partial charge >= 0.3 is 0 Å². The molecule has 30 heavy (non-hydrogen) atoms. The highest BCUT2D eigenvalue weighted by atomic mass is 35.5. The molecule has 0 aliphatic carbocycles. The minimum absolute atomic E-state index is 0. The second-order valence-electron chi connectivity index (χ2n) is 6.64. The lowest BCUT2D eigenvalue weighted by Gasteiger charge is -2.29. The number of rotatable bonds is 5. The van der Waals surface area contributed by atoms with E-state index in [1.165, 1.54) is 11.3 Å². The predicted molar refractivity (Wildman–Crippen MR) is 127 cm³/mol. The number of amides is 1. The molecule has 0 spiro atoms. The molecule has 160 valence electrons. The van der Waals surface area contributed by atoms with E-state index in [0.29, 0.717) is 45.5 Å². The van der Waals surface area contributed by atoms with E-state index in [0.717, 1.165) is 29.9 Å². The third-order valence-electron chi connectivity index (χ3n) is 4.72. The Kier molecular flexibility index (Phi) is 8.21. The molecule has 0 atom stereocenters. The van der Waals surface area contributed by atoms with Crippen LogP contribution in [0.15, 0.2) is 36.4 Å². The second kappa shape index (κ2) is 10.5. The Hall–Kier alpha value is -1.12. The van der Waals surface area contributed by atoms with Crippen LogP contribution in [0.4, 0.5) is 5.13 Å². The quantitative estimate of drug-likeness (QED) is 0.448. The van der Waals surface area contributed by atoms with E-state index in [4.69, 9.17) is 39.5 Å². The minimum Gasteiger partial charge on any atom is -0.379 e. The Labute approximate surface area is 199 Å². The lowest BCUT2D eigenvalue weighted by Crippen LogP contribution is -2.43. The van der Waals surface area contributed by atoms with Gasteiger partial charge in [-0.2, -0.15) is 0 Å². The average molecular weight is 507 g/mol. The van der Waals surface area contributed by atoms with Crippen LogP contribution in [0.5, 0.6) is 0 Å². The number of hydrogen-bond donors (Lipinski definition) is 0. The molecule has 1 saturated heterocycles. The lowest BCUT2D eigenvalue weighted by molar-refractivity contribution is 0.0391. The van der Waals surface area contributed by atoms with Crippen molar-refractivity contribution in [2.45, 2.75) is 0 Å². The Balaban J connectivity index is 0.00000256. The van der Waals surface area contributed by atoms with Gasteiger partial charge in [-0.15, -0.1) is 12.4 Å². The lowest BCUT2D eigenvalue weighted by atomic mass is 10.2. The standard InChI is InChI=1S/C20H18Cl3N3O2S.ClH/c21-13-1-3-15(16(23)11-13)19(27)26(6-5-25-7-9-28-10-8-25)20-24-17-4-2-14(22)12-18(17)29-20;/h1-4,11-12H,5-10H2;1H. The fourth-order valence-electron chi connectivity index (χ4n) is 3.16. The summed E-state index contributed by atoms with van der Waals surface area (Å²) in [4.78, 5) is 22.0. The average Bonchev–Trinajstić information content (AvgIpc) is 3.11. The van der Waals surface area contributed by atoms with Crippen molar-refractivity contribution in [2.75, 3.05) is 44.3 Å². The summed E-state index contributed by atoms with van der Waals surface area (Å²) in [5, 5.41) is 2.07. The fourth-order valence-corrected chi connectivity index (χ4v) is 4.92. The molecule has 1 fully saturated rings. The van der Waals surface area contributed by atoms with E-state index < -0.39 is 0 Å². The van der Waals surface area contributed by atoms with Gasteiger partial charge in [-0.3, -0.25) is 14.6 Å². The molecule has 2 heterocycles.